The molecule has 23 heavy (non-hydrogen) atoms. The number of para-hydroxylation sites is 1. The van der Waals surface area contributed by atoms with E-state index in [1.54, 1.807) is 6.07 Å². The lowest BCUT2D eigenvalue weighted by Crippen LogP contribution is -2.32. The van der Waals surface area contributed by atoms with Gasteiger partial charge in [0.15, 0.2) is 17.5 Å². The third-order valence-electron chi connectivity index (χ3n) is 3.73. The summed E-state index contributed by atoms with van der Waals surface area (Å²) >= 11 is 0. The van der Waals surface area contributed by atoms with Crippen molar-refractivity contribution in [1.82, 2.24) is 4.90 Å². The van der Waals surface area contributed by atoms with Crippen molar-refractivity contribution in [3.05, 3.63) is 24.0 Å². The first-order chi connectivity index (χ1) is 11.0. The second-order valence-corrected chi connectivity index (χ2v) is 5.65. The molecule has 1 saturated heterocycles. The molecule has 1 aliphatic rings. The van der Waals surface area contributed by atoms with Crippen LogP contribution in [-0.2, 0) is 0 Å². The summed E-state index contributed by atoms with van der Waals surface area (Å²) in [5.74, 6) is -0.384. The number of hydrogen-bond donors (Lipinski definition) is 3. The first-order valence-electron chi connectivity index (χ1n) is 7.49. The Hall–Kier alpha value is -2.35. The minimum atomic E-state index is -0.489. The number of nitrogens with zero attached hydrogens (tertiary/aromatic N) is 3. The van der Waals surface area contributed by atoms with E-state index in [0.717, 1.165) is 25.9 Å². The van der Waals surface area contributed by atoms with Crippen LogP contribution >= 0.6 is 0 Å². The number of hydrogen-bond acceptors (Lipinski definition) is 3. The van der Waals surface area contributed by atoms with Gasteiger partial charge in [-0.3, -0.25) is 0 Å². The van der Waals surface area contributed by atoms with Crippen molar-refractivity contribution < 1.29 is 9.13 Å². The summed E-state index contributed by atoms with van der Waals surface area (Å²) in [6.07, 6.45) is 2.05. The average Bonchev–Trinajstić information content (AvgIpc) is 2.47. The number of halogens is 1. The maximum atomic E-state index is 14.1. The second-order valence-electron chi connectivity index (χ2n) is 5.65. The summed E-state index contributed by atoms with van der Waals surface area (Å²) in [7, 11) is 2.09. The minimum Gasteiger partial charge on any atom is -0.488 e. The minimum absolute atomic E-state index is 0.0696. The monoisotopic (exact) mass is 322 g/mol. The zero-order chi connectivity index (χ0) is 16.8. The third-order valence-corrected chi connectivity index (χ3v) is 3.73. The molecule has 0 unspecified atom stereocenters. The standard InChI is InChI=1S/C15H23FN6O/c1-22-7-5-10(6-8-22)9-23-13-11(16)3-2-4-12(13)20-15(19)21-14(17)18/h2-4,10H,5-9H2,1H3,(H6,17,18,19,20,21). The van der Waals surface area contributed by atoms with Crippen LogP contribution in [0.3, 0.4) is 0 Å². The van der Waals surface area contributed by atoms with E-state index in [0.29, 0.717) is 12.5 Å². The number of benzene rings is 1. The molecule has 1 aromatic rings. The Bertz CT molecular complexity index is 592. The van der Waals surface area contributed by atoms with Crippen LogP contribution in [0, 0.1) is 11.7 Å². The molecule has 1 aliphatic heterocycles. The summed E-state index contributed by atoms with van der Waals surface area (Å²) < 4.78 is 19.7. The molecular formula is C15H23FN6O. The molecule has 0 aliphatic carbocycles. The fourth-order valence-electron chi connectivity index (χ4n) is 2.44. The fraction of sp³-hybridized carbons (Fsp3) is 0.467. The molecule has 8 heteroatoms. The predicted octanol–water partition coefficient (Wildman–Crippen LogP) is 0.766. The number of rotatable bonds is 4. The van der Waals surface area contributed by atoms with Crippen molar-refractivity contribution in [3.8, 4) is 5.75 Å². The number of piperidine rings is 1. The molecule has 6 N–H and O–H groups in total. The van der Waals surface area contributed by atoms with E-state index in [2.05, 4.69) is 21.9 Å². The second kappa shape index (κ2) is 7.77. The lowest BCUT2D eigenvalue weighted by atomic mass is 9.98. The van der Waals surface area contributed by atoms with Crippen LogP contribution in [0.4, 0.5) is 10.1 Å². The largest absolute Gasteiger partial charge is 0.488 e. The summed E-state index contributed by atoms with van der Waals surface area (Å²) in [5.41, 5.74) is 16.3. The van der Waals surface area contributed by atoms with E-state index < -0.39 is 5.82 Å². The van der Waals surface area contributed by atoms with E-state index in [1.165, 1.54) is 12.1 Å². The molecule has 0 radical (unpaired) electrons. The van der Waals surface area contributed by atoms with Crippen molar-refractivity contribution in [1.29, 1.82) is 0 Å². The Kier molecular flexibility index (Phi) is 5.75. The van der Waals surface area contributed by atoms with Gasteiger partial charge in [-0.15, -0.1) is 0 Å². The molecule has 7 nitrogen and oxygen atoms in total. The van der Waals surface area contributed by atoms with Crippen LogP contribution in [0.5, 0.6) is 5.75 Å². The molecule has 0 aromatic heterocycles. The molecule has 126 valence electrons. The van der Waals surface area contributed by atoms with E-state index in [9.17, 15) is 4.39 Å². The average molecular weight is 322 g/mol. The predicted molar refractivity (Wildman–Crippen MR) is 89.2 cm³/mol. The lowest BCUT2D eigenvalue weighted by Gasteiger charge is -2.28. The van der Waals surface area contributed by atoms with Gasteiger partial charge < -0.3 is 26.8 Å². The molecule has 0 amide bonds. The Morgan fingerprint density at radius 3 is 2.65 bits per heavy atom. The van der Waals surface area contributed by atoms with Gasteiger partial charge in [-0.2, -0.15) is 4.99 Å². The number of ether oxygens (including phenoxy) is 1. The Morgan fingerprint density at radius 1 is 1.30 bits per heavy atom. The number of guanidine groups is 2. The summed E-state index contributed by atoms with van der Waals surface area (Å²) in [6.45, 7) is 2.49. The van der Waals surface area contributed by atoms with E-state index in [4.69, 9.17) is 21.9 Å². The van der Waals surface area contributed by atoms with Crippen molar-refractivity contribution in [2.24, 2.45) is 33.1 Å². The Balaban J connectivity index is 2.10. The highest BCUT2D eigenvalue weighted by Crippen LogP contribution is 2.31. The van der Waals surface area contributed by atoms with Crippen molar-refractivity contribution in [2.45, 2.75) is 12.8 Å². The summed E-state index contributed by atoms with van der Waals surface area (Å²) in [4.78, 5) is 9.90. The molecule has 0 bridgehead atoms. The highest BCUT2D eigenvalue weighted by atomic mass is 19.1. The zero-order valence-electron chi connectivity index (χ0n) is 13.2. The third kappa shape index (κ3) is 5.10. The molecule has 0 atom stereocenters. The van der Waals surface area contributed by atoms with Gasteiger partial charge in [-0.1, -0.05) is 6.07 Å². The molecular weight excluding hydrogens is 299 g/mol. The van der Waals surface area contributed by atoms with Crippen LogP contribution in [0.2, 0.25) is 0 Å². The van der Waals surface area contributed by atoms with Crippen molar-refractivity contribution in [3.63, 3.8) is 0 Å². The maximum absolute atomic E-state index is 14.1. The number of likely N-dealkylation sites (tertiary alicyclic amines) is 1. The molecule has 2 rings (SSSR count). The van der Waals surface area contributed by atoms with Crippen LogP contribution in [0.25, 0.3) is 0 Å². The highest BCUT2D eigenvalue weighted by molar-refractivity contribution is 5.93. The van der Waals surface area contributed by atoms with E-state index in [1.807, 2.05) is 0 Å². The van der Waals surface area contributed by atoms with Crippen LogP contribution in [0.15, 0.2) is 28.2 Å². The van der Waals surface area contributed by atoms with Crippen LogP contribution < -0.4 is 21.9 Å². The Labute approximate surface area is 135 Å². The molecule has 1 fully saturated rings. The van der Waals surface area contributed by atoms with E-state index in [-0.39, 0.29) is 23.4 Å². The molecule has 1 aromatic carbocycles. The molecule has 0 spiro atoms. The van der Waals surface area contributed by atoms with Crippen molar-refractivity contribution in [2.75, 3.05) is 26.7 Å². The maximum Gasteiger partial charge on any atom is 0.223 e. The van der Waals surface area contributed by atoms with Gasteiger partial charge in [0.25, 0.3) is 0 Å². The smallest absolute Gasteiger partial charge is 0.223 e. The number of aliphatic imine (C=N–C) groups is 2. The van der Waals surface area contributed by atoms with Crippen LogP contribution in [0.1, 0.15) is 12.8 Å². The van der Waals surface area contributed by atoms with Crippen LogP contribution in [-0.4, -0.2) is 43.6 Å². The Morgan fingerprint density at radius 2 is 2.00 bits per heavy atom. The zero-order valence-corrected chi connectivity index (χ0v) is 13.2. The van der Waals surface area contributed by atoms with Gasteiger partial charge in [-0.05, 0) is 51.0 Å². The lowest BCUT2D eigenvalue weighted by molar-refractivity contribution is 0.157. The summed E-state index contributed by atoms with van der Waals surface area (Å²) in [5, 5.41) is 0. The van der Waals surface area contributed by atoms with Crippen molar-refractivity contribution >= 4 is 17.6 Å². The molecule has 0 saturated carbocycles. The SMILES string of the molecule is CN1CCC(COc2c(F)cccc2N=C(N)N=C(N)N)CC1. The highest BCUT2D eigenvalue weighted by Gasteiger charge is 2.19. The van der Waals surface area contributed by atoms with Gasteiger partial charge in [0.05, 0.1) is 6.61 Å². The first kappa shape index (κ1) is 17.0. The van der Waals surface area contributed by atoms with Gasteiger partial charge >= 0.3 is 0 Å². The normalized spacial score (nSPS) is 17.0. The first-order valence-corrected chi connectivity index (χ1v) is 7.49. The quantitative estimate of drug-likeness (QED) is 0.559. The van der Waals surface area contributed by atoms with E-state index >= 15 is 0 Å². The summed E-state index contributed by atoms with van der Waals surface area (Å²) in [6, 6.07) is 4.45. The topological polar surface area (TPSA) is 115 Å². The fourth-order valence-corrected chi connectivity index (χ4v) is 2.44. The van der Waals surface area contributed by atoms with Gasteiger partial charge in [0.2, 0.25) is 5.96 Å². The molecule has 1 heterocycles. The van der Waals surface area contributed by atoms with Gasteiger partial charge in [-0.25, -0.2) is 9.38 Å². The number of nitrogens with two attached hydrogens (primary N) is 3. The van der Waals surface area contributed by atoms with Gasteiger partial charge in [0, 0.05) is 0 Å². The van der Waals surface area contributed by atoms with Gasteiger partial charge in [0.1, 0.15) is 5.69 Å².